The summed E-state index contributed by atoms with van der Waals surface area (Å²) in [5.41, 5.74) is 2.82. The van der Waals surface area contributed by atoms with Crippen LogP contribution in [0.2, 0.25) is 0 Å². The third-order valence-corrected chi connectivity index (χ3v) is 5.37. The van der Waals surface area contributed by atoms with Gasteiger partial charge in [-0.1, -0.05) is 44.2 Å². The highest BCUT2D eigenvalue weighted by molar-refractivity contribution is 7.16. The zero-order valence-electron chi connectivity index (χ0n) is 11.8. The Kier molecular flexibility index (Phi) is 3.17. The van der Waals surface area contributed by atoms with Crippen molar-refractivity contribution in [2.75, 3.05) is 0 Å². The molecule has 1 aromatic heterocycles. The van der Waals surface area contributed by atoms with E-state index in [0.29, 0.717) is 5.56 Å². The molecule has 0 radical (unpaired) electrons. The molecule has 1 aliphatic carbocycles. The fourth-order valence-corrected chi connectivity index (χ4v) is 4.25. The zero-order valence-corrected chi connectivity index (χ0v) is 12.6. The van der Waals surface area contributed by atoms with Gasteiger partial charge in [-0.05, 0) is 35.8 Å². The van der Waals surface area contributed by atoms with Gasteiger partial charge >= 0.3 is 5.97 Å². The second-order valence-corrected chi connectivity index (χ2v) is 7.33. The Hall–Kier alpha value is -1.61. The van der Waals surface area contributed by atoms with Crippen molar-refractivity contribution in [3.8, 4) is 10.4 Å². The first kappa shape index (κ1) is 13.4. The van der Waals surface area contributed by atoms with Gasteiger partial charge < -0.3 is 5.11 Å². The van der Waals surface area contributed by atoms with Crippen LogP contribution in [0.25, 0.3) is 10.4 Å². The fourth-order valence-electron chi connectivity index (χ4n) is 2.94. The Balaban J connectivity index is 2.18. The number of benzene rings is 1. The SMILES string of the molecule is CC1(C)CCc2sc(-c3ccccc3)c(C(=O)O)c2C1. The summed E-state index contributed by atoms with van der Waals surface area (Å²) < 4.78 is 0. The first-order valence-electron chi connectivity index (χ1n) is 6.91. The topological polar surface area (TPSA) is 37.3 Å². The lowest BCUT2D eigenvalue weighted by Crippen LogP contribution is -2.22. The van der Waals surface area contributed by atoms with Crippen LogP contribution >= 0.6 is 11.3 Å². The van der Waals surface area contributed by atoms with Gasteiger partial charge in [0, 0.05) is 9.75 Å². The van der Waals surface area contributed by atoms with Gasteiger partial charge in [0.25, 0.3) is 0 Å². The highest BCUT2D eigenvalue weighted by atomic mass is 32.1. The second kappa shape index (κ2) is 4.74. The van der Waals surface area contributed by atoms with E-state index in [1.807, 2.05) is 30.3 Å². The minimum absolute atomic E-state index is 0.201. The van der Waals surface area contributed by atoms with Crippen molar-refractivity contribution in [1.29, 1.82) is 0 Å². The van der Waals surface area contributed by atoms with Gasteiger partial charge in [-0.2, -0.15) is 0 Å². The van der Waals surface area contributed by atoms with Crippen molar-refractivity contribution < 1.29 is 9.90 Å². The molecular weight excluding hydrogens is 268 g/mol. The summed E-state index contributed by atoms with van der Waals surface area (Å²) in [6.07, 6.45) is 3.00. The summed E-state index contributed by atoms with van der Waals surface area (Å²) in [5.74, 6) is -0.793. The Labute approximate surface area is 123 Å². The van der Waals surface area contributed by atoms with Gasteiger partial charge in [0.1, 0.15) is 0 Å². The molecule has 1 aromatic carbocycles. The Bertz CT molecular complexity index is 653. The van der Waals surface area contributed by atoms with Crippen LogP contribution in [-0.2, 0) is 12.8 Å². The molecule has 2 aromatic rings. The molecule has 0 unspecified atom stereocenters. The quantitative estimate of drug-likeness (QED) is 0.874. The van der Waals surface area contributed by atoms with Crippen LogP contribution in [0.5, 0.6) is 0 Å². The van der Waals surface area contributed by atoms with Crippen molar-refractivity contribution in [3.05, 3.63) is 46.3 Å². The van der Waals surface area contributed by atoms with E-state index in [0.717, 1.165) is 35.3 Å². The normalized spacial score (nSPS) is 16.7. The summed E-state index contributed by atoms with van der Waals surface area (Å²) in [6.45, 7) is 4.45. The highest BCUT2D eigenvalue weighted by Crippen LogP contribution is 2.44. The molecule has 0 saturated heterocycles. The molecule has 0 bridgehead atoms. The third-order valence-electron chi connectivity index (χ3n) is 4.02. The zero-order chi connectivity index (χ0) is 14.3. The number of carboxylic acids is 1. The fraction of sp³-hybridized carbons (Fsp3) is 0.353. The number of thiophene rings is 1. The number of aryl methyl sites for hydroxylation is 1. The Morgan fingerprint density at radius 3 is 2.60 bits per heavy atom. The van der Waals surface area contributed by atoms with Crippen molar-refractivity contribution in [3.63, 3.8) is 0 Å². The number of hydrogen-bond acceptors (Lipinski definition) is 2. The van der Waals surface area contributed by atoms with Crippen molar-refractivity contribution in [2.45, 2.75) is 33.1 Å². The number of aromatic carboxylic acids is 1. The van der Waals surface area contributed by atoms with Crippen molar-refractivity contribution in [2.24, 2.45) is 5.41 Å². The summed E-state index contributed by atoms with van der Waals surface area (Å²) in [7, 11) is 0. The minimum atomic E-state index is -0.793. The van der Waals surface area contributed by atoms with E-state index in [1.165, 1.54) is 4.88 Å². The van der Waals surface area contributed by atoms with Gasteiger partial charge in [-0.15, -0.1) is 11.3 Å². The van der Waals surface area contributed by atoms with E-state index in [1.54, 1.807) is 11.3 Å². The maximum absolute atomic E-state index is 11.7. The van der Waals surface area contributed by atoms with Gasteiger partial charge in [-0.3, -0.25) is 0 Å². The maximum atomic E-state index is 11.7. The summed E-state index contributed by atoms with van der Waals surface area (Å²) in [6, 6.07) is 9.87. The number of carbonyl (C=O) groups is 1. The number of rotatable bonds is 2. The monoisotopic (exact) mass is 286 g/mol. The number of carboxylic acid groups (broad SMARTS) is 1. The standard InChI is InChI=1S/C17H18O2S/c1-17(2)9-8-13-12(10-17)14(16(18)19)15(20-13)11-6-4-3-5-7-11/h3-7H,8-10H2,1-2H3,(H,18,19). The lowest BCUT2D eigenvalue weighted by atomic mass is 9.76. The largest absolute Gasteiger partial charge is 0.478 e. The van der Waals surface area contributed by atoms with E-state index in [-0.39, 0.29) is 5.41 Å². The molecule has 20 heavy (non-hydrogen) atoms. The maximum Gasteiger partial charge on any atom is 0.337 e. The molecule has 0 amide bonds. The van der Waals surface area contributed by atoms with Gasteiger partial charge in [0.15, 0.2) is 0 Å². The minimum Gasteiger partial charge on any atom is -0.478 e. The Morgan fingerprint density at radius 1 is 1.25 bits per heavy atom. The van der Waals surface area contributed by atoms with Crippen LogP contribution in [-0.4, -0.2) is 11.1 Å². The van der Waals surface area contributed by atoms with Crippen LogP contribution in [0.4, 0.5) is 0 Å². The van der Waals surface area contributed by atoms with E-state index in [4.69, 9.17) is 0 Å². The lowest BCUT2D eigenvalue weighted by Gasteiger charge is -2.29. The van der Waals surface area contributed by atoms with Crippen LogP contribution in [0.3, 0.4) is 0 Å². The van der Waals surface area contributed by atoms with Gasteiger partial charge in [-0.25, -0.2) is 4.79 Å². The van der Waals surface area contributed by atoms with Crippen LogP contribution < -0.4 is 0 Å². The van der Waals surface area contributed by atoms with Gasteiger partial charge in [0.2, 0.25) is 0 Å². The Morgan fingerprint density at radius 2 is 1.95 bits per heavy atom. The molecule has 0 spiro atoms. The molecule has 1 N–H and O–H groups in total. The molecule has 0 saturated carbocycles. The van der Waals surface area contributed by atoms with Gasteiger partial charge in [0.05, 0.1) is 5.56 Å². The van der Waals surface area contributed by atoms with Crippen molar-refractivity contribution in [1.82, 2.24) is 0 Å². The second-order valence-electron chi connectivity index (χ2n) is 6.22. The molecule has 2 nitrogen and oxygen atoms in total. The average Bonchev–Trinajstić information content (AvgIpc) is 2.77. The molecule has 3 rings (SSSR count). The summed E-state index contributed by atoms with van der Waals surface area (Å²) in [5, 5.41) is 9.65. The number of fused-ring (bicyclic) bond motifs is 1. The van der Waals surface area contributed by atoms with Crippen LogP contribution in [0.15, 0.2) is 30.3 Å². The van der Waals surface area contributed by atoms with E-state index in [9.17, 15) is 9.90 Å². The molecule has 1 aliphatic rings. The predicted molar refractivity (Wildman–Crippen MR) is 82.5 cm³/mol. The van der Waals surface area contributed by atoms with Crippen molar-refractivity contribution >= 4 is 17.3 Å². The third kappa shape index (κ3) is 2.27. The molecular formula is C17H18O2S. The van der Waals surface area contributed by atoms with E-state index < -0.39 is 5.97 Å². The molecule has 0 fully saturated rings. The first-order chi connectivity index (χ1) is 9.48. The summed E-state index contributed by atoms with van der Waals surface area (Å²) in [4.78, 5) is 13.9. The molecule has 104 valence electrons. The lowest BCUT2D eigenvalue weighted by molar-refractivity contribution is 0.0696. The molecule has 1 heterocycles. The molecule has 0 aliphatic heterocycles. The van der Waals surface area contributed by atoms with E-state index >= 15 is 0 Å². The summed E-state index contributed by atoms with van der Waals surface area (Å²) >= 11 is 1.66. The number of hydrogen-bond donors (Lipinski definition) is 1. The smallest absolute Gasteiger partial charge is 0.337 e. The van der Waals surface area contributed by atoms with Crippen LogP contribution in [0, 0.1) is 5.41 Å². The molecule has 0 atom stereocenters. The predicted octanol–water partition coefficient (Wildman–Crippen LogP) is 4.63. The van der Waals surface area contributed by atoms with Crippen LogP contribution in [0.1, 0.15) is 41.1 Å². The first-order valence-corrected chi connectivity index (χ1v) is 7.73. The average molecular weight is 286 g/mol. The van der Waals surface area contributed by atoms with E-state index in [2.05, 4.69) is 13.8 Å². The highest BCUT2D eigenvalue weighted by Gasteiger charge is 2.32. The molecule has 3 heteroatoms.